The van der Waals surface area contributed by atoms with Crippen LogP contribution in [0.25, 0.3) is 10.2 Å². The van der Waals surface area contributed by atoms with Gasteiger partial charge < -0.3 is 13.9 Å². The molecule has 2 aromatic carbocycles. The number of carbonyl (C=O) groups excluding carboxylic acids is 1. The number of thiazole rings is 1. The molecule has 0 spiro atoms. The molecule has 0 aliphatic carbocycles. The molecule has 0 saturated carbocycles. The summed E-state index contributed by atoms with van der Waals surface area (Å²) in [6, 6.07) is 12.6. The number of benzene rings is 2. The molecule has 0 atom stereocenters. The number of anilines is 1. The van der Waals surface area contributed by atoms with E-state index in [-0.39, 0.29) is 5.82 Å². The van der Waals surface area contributed by atoms with Crippen molar-refractivity contribution in [1.29, 1.82) is 0 Å². The van der Waals surface area contributed by atoms with Gasteiger partial charge in [0.25, 0.3) is 5.91 Å². The Morgan fingerprint density at radius 2 is 2.00 bits per heavy atom. The first-order chi connectivity index (χ1) is 14.7. The highest BCUT2D eigenvalue weighted by Crippen LogP contribution is 2.34. The maximum atomic E-state index is 13.6. The zero-order valence-electron chi connectivity index (χ0n) is 15.4. The summed E-state index contributed by atoms with van der Waals surface area (Å²) >= 11 is 1.16. The maximum Gasteiger partial charge on any atom is 0.280 e. The Balaban J connectivity index is 1.55. The van der Waals surface area contributed by atoms with E-state index in [0.29, 0.717) is 51.4 Å². The number of ether oxygens (including phenoxy) is 2. The number of halogens is 1. The summed E-state index contributed by atoms with van der Waals surface area (Å²) in [4.78, 5) is 17.8. The molecule has 1 amide bonds. The number of nitrogens with zero attached hydrogens (tertiary/aromatic N) is 3. The van der Waals surface area contributed by atoms with Crippen molar-refractivity contribution in [1.82, 2.24) is 4.98 Å². The van der Waals surface area contributed by atoms with Gasteiger partial charge in [0.2, 0.25) is 5.13 Å². The van der Waals surface area contributed by atoms with Crippen molar-refractivity contribution in [3.05, 3.63) is 71.9 Å². The Bertz CT molecular complexity index is 1250. The molecule has 0 N–H and O–H groups in total. The lowest BCUT2D eigenvalue weighted by atomic mass is 10.2. The van der Waals surface area contributed by atoms with E-state index in [0.717, 1.165) is 16.3 Å². The SMILES string of the molecule is O=C(c1ccc2c(c1)OCCO2)N(/N=C/c1ccco1)c1nc2ccc(F)cc2s1. The Morgan fingerprint density at radius 3 is 2.83 bits per heavy atom. The van der Waals surface area contributed by atoms with Crippen LogP contribution in [0.4, 0.5) is 9.52 Å². The molecule has 2 aromatic heterocycles. The number of hydrogen-bond acceptors (Lipinski definition) is 7. The van der Waals surface area contributed by atoms with E-state index in [9.17, 15) is 9.18 Å². The van der Waals surface area contributed by atoms with Gasteiger partial charge in [-0.2, -0.15) is 10.1 Å². The first-order valence-corrected chi connectivity index (χ1v) is 9.87. The Hall–Kier alpha value is -3.72. The van der Waals surface area contributed by atoms with Crippen LogP contribution in [0.5, 0.6) is 11.5 Å². The standard InChI is InChI=1S/C21H14FN3O4S/c22-14-4-5-16-19(11-14)30-21(24-16)25(23-12-15-2-1-7-27-15)20(26)13-3-6-17-18(10-13)29-9-8-28-17/h1-7,10-12H,8-9H2/b23-12+. The molecule has 0 radical (unpaired) electrons. The topological polar surface area (TPSA) is 77.2 Å². The molecule has 1 aliphatic rings. The summed E-state index contributed by atoms with van der Waals surface area (Å²) in [5.74, 6) is 0.755. The summed E-state index contributed by atoms with van der Waals surface area (Å²) < 4.78 is 30.6. The Kier molecular flexibility index (Phi) is 4.64. The fraction of sp³-hybridized carbons (Fsp3) is 0.0952. The van der Waals surface area contributed by atoms with Crippen LogP contribution in [0, 0.1) is 5.82 Å². The largest absolute Gasteiger partial charge is 0.486 e. The lowest BCUT2D eigenvalue weighted by Crippen LogP contribution is -2.26. The molecule has 0 unspecified atom stereocenters. The minimum Gasteiger partial charge on any atom is -0.486 e. The number of amides is 1. The average Bonchev–Trinajstić information content (AvgIpc) is 3.43. The lowest BCUT2D eigenvalue weighted by molar-refractivity contribution is 0.0986. The van der Waals surface area contributed by atoms with Gasteiger partial charge in [-0.3, -0.25) is 4.79 Å². The van der Waals surface area contributed by atoms with Gasteiger partial charge in [-0.1, -0.05) is 11.3 Å². The number of furan rings is 1. The highest BCUT2D eigenvalue weighted by atomic mass is 32.1. The monoisotopic (exact) mass is 423 g/mol. The van der Waals surface area contributed by atoms with Crippen molar-refractivity contribution in [3.8, 4) is 11.5 Å². The number of hydrazone groups is 1. The van der Waals surface area contributed by atoms with Gasteiger partial charge >= 0.3 is 0 Å². The molecule has 0 fully saturated rings. The van der Waals surface area contributed by atoms with Crippen LogP contribution in [-0.4, -0.2) is 30.3 Å². The van der Waals surface area contributed by atoms with E-state index < -0.39 is 5.91 Å². The Labute approximate surface area is 174 Å². The van der Waals surface area contributed by atoms with Gasteiger partial charge in [0.1, 0.15) is 24.8 Å². The zero-order chi connectivity index (χ0) is 20.5. The first kappa shape index (κ1) is 18.3. The number of rotatable bonds is 4. The minimum absolute atomic E-state index is 0.304. The molecule has 150 valence electrons. The predicted molar refractivity (Wildman–Crippen MR) is 110 cm³/mol. The van der Waals surface area contributed by atoms with E-state index in [2.05, 4.69) is 10.1 Å². The smallest absolute Gasteiger partial charge is 0.280 e. The van der Waals surface area contributed by atoms with Gasteiger partial charge in [0.05, 0.1) is 22.7 Å². The third kappa shape index (κ3) is 3.50. The summed E-state index contributed by atoms with van der Waals surface area (Å²) in [6.07, 6.45) is 2.93. The van der Waals surface area contributed by atoms with Gasteiger partial charge in [0, 0.05) is 5.56 Å². The second-order valence-corrected chi connectivity index (χ2v) is 7.35. The molecule has 9 heteroatoms. The number of hydrogen-bond donors (Lipinski definition) is 0. The molecular formula is C21H14FN3O4S. The summed E-state index contributed by atoms with van der Waals surface area (Å²) in [6.45, 7) is 0.872. The van der Waals surface area contributed by atoms with Crippen LogP contribution in [0.2, 0.25) is 0 Å². The van der Waals surface area contributed by atoms with Crippen molar-refractivity contribution in [2.45, 2.75) is 0 Å². The molecule has 0 bridgehead atoms. The fourth-order valence-electron chi connectivity index (χ4n) is 2.94. The van der Waals surface area contributed by atoms with Crippen LogP contribution in [0.15, 0.2) is 64.3 Å². The quantitative estimate of drug-likeness (QED) is 0.357. The fourth-order valence-corrected chi connectivity index (χ4v) is 3.89. The third-order valence-electron chi connectivity index (χ3n) is 4.35. The third-order valence-corrected chi connectivity index (χ3v) is 5.34. The van der Waals surface area contributed by atoms with Crippen LogP contribution in [0.1, 0.15) is 16.1 Å². The van der Waals surface area contributed by atoms with E-state index >= 15 is 0 Å². The molecule has 4 aromatic rings. The van der Waals surface area contributed by atoms with E-state index in [1.165, 1.54) is 24.6 Å². The van der Waals surface area contributed by atoms with Crippen LogP contribution in [-0.2, 0) is 0 Å². The number of carbonyl (C=O) groups is 1. The van der Waals surface area contributed by atoms with Gasteiger partial charge in [-0.25, -0.2) is 9.37 Å². The zero-order valence-corrected chi connectivity index (χ0v) is 16.3. The molecule has 5 rings (SSSR count). The van der Waals surface area contributed by atoms with Crippen LogP contribution >= 0.6 is 11.3 Å². The molecule has 1 aliphatic heterocycles. The van der Waals surface area contributed by atoms with Gasteiger partial charge in [0.15, 0.2) is 11.5 Å². The predicted octanol–water partition coefficient (Wildman–Crippen LogP) is 4.48. The van der Waals surface area contributed by atoms with Crippen molar-refractivity contribution in [2.75, 3.05) is 18.2 Å². The lowest BCUT2D eigenvalue weighted by Gasteiger charge is -2.19. The molecule has 3 heterocycles. The molecule has 0 saturated heterocycles. The molecular weight excluding hydrogens is 409 g/mol. The highest BCUT2D eigenvalue weighted by Gasteiger charge is 2.23. The van der Waals surface area contributed by atoms with Crippen LogP contribution < -0.4 is 14.5 Å². The van der Waals surface area contributed by atoms with E-state index in [1.807, 2.05) is 0 Å². The second-order valence-electron chi connectivity index (χ2n) is 6.34. The van der Waals surface area contributed by atoms with Crippen LogP contribution in [0.3, 0.4) is 0 Å². The highest BCUT2D eigenvalue weighted by molar-refractivity contribution is 7.22. The first-order valence-electron chi connectivity index (χ1n) is 9.05. The van der Waals surface area contributed by atoms with Crippen molar-refractivity contribution in [2.24, 2.45) is 5.10 Å². The molecule has 30 heavy (non-hydrogen) atoms. The number of aromatic nitrogens is 1. The van der Waals surface area contributed by atoms with Crippen molar-refractivity contribution >= 4 is 38.8 Å². The average molecular weight is 423 g/mol. The van der Waals surface area contributed by atoms with Crippen molar-refractivity contribution in [3.63, 3.8) is 0 Å². The Morgan fingerprint density at radius 1 is 1.13 bits per heavy atom. The minimum atomic E-state index is -0.422. The van der Waals surface area contributed by atoms with Crippen molar-refractivity contribution < 1.29 is 23.1 Å². The van der Waals surface area contributed by atoms with Gasteiger partial charge in [-0.15, -0.1) is 0 Å². The normalized spacial score (nSPS) is 13.1. The summed E-state index contributed by atoms with van der Waals surface area (Å²) in [7, 11) is 0. The summed E-state index contributed by atoms with van der Waals surface area (Å²) in [5, 5.41) is 5.76. The second kappa shape index (κ2) is 7.60. The summed E-state index contributed by atoms with van der Waals surface area (Å²) in [5.41, 5.74) is 0.922. The molecule has 7 nitrogen and oxygen atoms in total. The van der Waals surface area contributed by atoms with E-state index in [1.54, 1.807) is 36.4 Å². The van der Waals surface area contributed by atoms with E-state index in [4.69, 9.17) is 13.9 Å². The van der Waals surface area contributed by atoms with Gasteiger partial charge in [-0.05, 0) is 48.5 Å². The maximum absolute atomic E-state index is 13.6. The number of fused-ring (bicyclic) bond motifs is 2.